The van der Waals surface area contributed by atoms with Gasteiger partial charge in [-0.3, -0.25) is 9.59 Å². The molecule has 0 aliphatic carbocycles. The van der Waals surface area contributed by atoms with Gasteiger partial charge in [0, 0.05) is 19.4 Å². The van der Waals surface area contributed by atoms with Gasteiger partial charge in [0.1, 0.15) is 5.75 Å². The molecule has 2 aliphatic rings. The molecule has 1 saturated heterocycles. The first-order chi connectivity index (χ1) is 12.5. The van der Waals surface area contributed by atoms with Crippen molar-refractivity contribution in [2.45, 2.75) is 44.6 Å². The van der Waals surface area contributed by atoms with Crippen LogP contribution in [0.1, 0.15) is 49.3 Å². The third-order valence-corrected chi connectivity index (χ3v) is 4.85. The van der Waals surface area contributed by atoms with Gasteiger partial charge in [0.15, 0.2) is 6.04 Å². The van der Waals surface area contributed by atoms with Gasteiger partial charge >= 0.3 is 5.97 Å². The predicted molar refractivity (Wildman–Crippen MR) is 93.8 cm³/mol. The molecule has 3 rings (SSSR count). The highest BCUT2D eigenvalue weighted by Gasteiger charge is 2.26. The first kappa shape index (κ1) is 18.2. The molecule has 2 heterocycles. The van der Waals surface area contributed by atoms with Crippen LogP contribution in [0.5, 0.6) is 5.75 Å². The number of nitrogens with zero attached hydrogens (tertiary/aromatic N) is 1. The van der Waals surface area contributed by atoms with E-state index in [1.807, 2.05) is 0 Å². The van der Waals surface area contributed by atoms with Crippen molar-refractivity contribution in [2.24, 2.45) is 0 Å². The molecule has 140 valence electrons. The number of likely N-dealkylation sites (tertiary alicyclic amines) is 1. The van der Waals surface area contributed by atoms with Gasteiger partial charge in [0.05, 0.1) is 13.2 Å². The summed E-state index contributed by atoms with van der Waals surface area (Å²) < 4.78 is 5.43. The molecule has 7 nitrogen and oxygen atoms in total. The highest BCUT2D eigenvalue weighted by molar-refractivity contribution is 5.88. The topological polar surface area (TPSA) is 95.9 Å². The maximum absolute atomic E-state index is 12.4. The molecule has 0 aromatic heterocycles. The lowest BCUT2D eigenvalue weighted by Crippen LogP contribution is -2.44. The van der Waals surface area contributed by atoms with Gasteiger partial charge < -0.3 is 20.1 Å². The summed E-state index contributed by atoms with van der Waals surface area (Å²) in [5, 5.41) is 12.1. The zero-order valence-corrected chi connectivity index (χ0v) is 14.7. The molecule has 2 aliphatic heterocycles. The Hall–Kier alpha value is -2.57. The number of amides is 2. The number of carbonyl (C=O) groups is 3. The molecule has 1 aromatic carbocycles. The van der Waals surface area contributed by atoms with Gasteiger partial charge in [0.2, 0.25) is 11.8 Å². The fourth-order valence-electron chi connectivity index (χ4n) is 3.44. The summed E-state index contributed by atoms with van der Waals surface area (Å²) in [5.41, 5.74) is 1.45. The second-order valence-corrected chi connectivity index (χ2v) is 6.78. The molecule has 0 bridgehead atoms. The Labute approximate surface area is 152 Å². The zero-order valence-electron chi connectivity index (χ0n) is 14.7. The molecule has 26 heavy (non-hydrogen) atoms. The number of rotatable bonds is 5. The molecule has 0 saturated carbocycles. The van der Waals surface area contributed by atoms with Crippen LogP contribution in [0.3, 0.4) is 0 Å². The number of ether oxygens (including phenoxy) is 1. The van der Waals surface area contributed by atoms with E-state index in [1.54, 1.807) is 18.2 Å². The molecule has 7 heteroatoms. The van der Waals surface area contributed by atoms with Crippen molar-refractivity contribution in [2.75, 3.05) is 19.7 Å². The quantitative estimate of drug-likeness (QED) is 0.832. The molecular formula is C19H24N2O5. The van der Waals surface area contributed by atoms with Crippen molar-refractivity contribution in [3.8, 4) is 5.75 Å². The maximum Gasteiger partial charge on any atom is 0.330 e. The van der Waals surface area contributed by atoms with Crippen molar-refractivity contribution in [3.05, 3.63) is 29.3 Å². The molecule has 2 N–H and O–H groups in total. The van der Waals surface area contributed by atoms with E-state index in [-0.39, 0.29) is 12.5 Å². The molecule has 1 fully saturated rings. The second kappa shape index (κ2) is 8.21. The van der Waals surface area contributed by atoms with Crippen LogP contribution in [-0.4, -0.2) is 47.5 Å². The van der Waals surface area contributed by atoms with Gasteiger partial charge in [-0.05, 0) is 36.1 Å². The third-order valence-electron chi connectivity index (χ3n) is 4.85. The fraction of sp³-hybridized carbons (Fsp3) is 0.526. The summed E-state index contributed by atoms with van der Waals surface area (Å²) in [5.74, 6) is -0.865. The number of carbonyl (C=O) groups excluding carboxylic acids is 2. The van der Waals surface area contributed by atoms with Crippen molar-refractivity contribution < 1.29 is 24.2 Å². The average molecular weight is 360 g/mol. The van der Waals surface area contributed by atoms with Gasteiger partial charge in [-0.1, -0.05) is 18.9 Å². The van der Waals surface area contributed by atoms with E-state index in [0.29, 0.717) is 25.1 Å². The van der Waals surface area contributed by atoms with Crippen molar-refractivity contribution in [1.82, 2.24) is 10.2 Å². The maximum atomic E-state index is 12.4. The number of benzene rings is 1. The van der Waals surface area contributed by atoms with Crippen LogP contribution >= 0.6 is 0 Å². The number of hydrogen-bond acceptors (Lipinski definition) is 4. The fourth-order valence-corrected chi connectivity index (χ4v) is 3.44. The van der Waals surface area contributed by atoms with Crippen LogP contribution in [0.25, 0.3) is 0 Å². The number of aliphatic carboxylic acids is 1. The number of carboxylic acid groups (broad SMARTS) is 1. The van der Waals surface area contributed by atoms with Crippen molar-refractivity contribution >= 4 is 17.8 Å². The summed E-state index contributed by atoms with van der Waals surface area (Å²) in [6.07, 6.45) is 4.96. The van der Waals surface area contributed by atoms with Gasteiger partial charge in [-0.15, -0.1) is 0 Å². The zero-order chi connectivity index (χ0) is 18.5. The van der Waals surface area contributed by atoms with Crippen LogP contribution in [-0.2, 0) is 20.8 Å². The highest BCUT2D eigenvalue weighted by Crippen LogP contribution is 2.28. The lowest BCUT2D eigenvalue weighted by Gasteiger charge is -2.25. The van der Waals surface area contributed by atoms with Gasteiger partial charge in [-0.2, -0.15) is 0 Å². The Morgan fingerprint density at radius 1 is 1.19 bits per heavy atom. The summed E-state index contributed by atoms with van der Waals surface area (Å²) in [6, 6.07) is 4.02. The number of nitrogens with one attached hydrogen (secondary N) is 1. The minimum absolute atomic E-state index is 0.0404. The summed E-state index contributed by atoms with van der Waals surface area (Å²) >= 11 is 0. The Kier molecular flexibility index (Phi) is 5.75. The van der Waals surface area contributed by atoms with E-state index >= 15 is 0 Å². The van der Waals surface area contributed by atoms with E-state index in [9.17, 15) is 19.5 Å². The van der Waals surface area contributed by atoms with E-state index in [0.717, 1.165) is 43.4 Å². The van der Waals surface area contributed by atoms with Crippen LogP contribution in [0.2, 0.25) is 0 Å². The lowest BCUT2D eigenvalue weighted by molar-refractivity contribution is -0.143. The molecule has 0 spiro atoms. The minimum atomic E-state index is -1.14. The average Bonchev–Trinajstić information content (AvgIpc) is 3.07. The van der Waals surface area contributed by atoms with E-state index in [1.165, 1.54) is 4.90 Å². The summed E-state index contributed by atoms with van der Waals surface area (Å²) in [6.45, 7) is 1.02. The normalized spacial score (nSPS) is 18.3. The van der Waals surface area contributed by atoms with Crippen LogP contribution < -0.4 is 10.1 Å². The monoisotopic (exact) mass is 360 g/mol. The lowest BCUT2D eigenvalue weighted by atomic mass is 10.0. The molecule has 0 radical (unpaired) electrons. The SMILES string of the molecule is O=C(CN1CCCCCCC1=O)NC(C(=O)O)c1ccc2c(c1)CCO2. The van der Waals surface area contributed by atoms with E-state index in [4.69, 9.17) is 4.74 Å². The molecule has 1 unspecified atom stereocenters. The molecular weight excluding hydrogens is 336 g/mol. The number of hydrogen-bond donors (Lipinski definition) is 2. The first-order valence-electron chi connectivity index (χ1n) is 9.10. The Morgan fingerprint density at radius 2 is 2.00 bits per heavy atom. The largest absolute Gasteiger partial charge is 0.493 e. The molecule has 1 aromatic rings. The predicted octanol–water partition coefficient (Wildman–Crippen LogP) is 1.66. The van der Waals surface area contributed by atoms with E-state index in [2.05, 4.69) is 5.32 Å². The number of carboxylic acids is 1. The molecule has 2 amide bonds. The molecule has 1 atom stereocenters. The Morgan fingerprint density at radius 3 is 2.81 bits per heavy atom. The Bertz CT molecular complexity index is 703. The summed E-state index contributed by atoms with van der Waals surface area (Å²) in [7, 11) is 0. The van der Waals surface area contributed by atoms with E-state index < -0.39 is 17.9 Å². The first-order valence-corrected chi connectivity index (χ1v) is 9.10. The Balaban J connectivity index is 1.66. The highest BCUT2D eigenvalue weighted by atomic mass is 16.5. The van der Waals surface area contributed by atoms with Crippen LogP contribution in [0, 0.1) is 0 Å². The van der Waals surface area contributed by atoms with Gasteiger partial charge in [0.25, 0.3) is 0 Å². The second-order valence-electron chi connectivity index (χ2n) is 6.78. The van der Waals surface area contributed by atoms with Crippen molar-refractivity contribution in [1.29, 1.82) is 0 Å². The minimum Gasteiger partial charge on any atom is -0.493 e. The third kappa shape index (κ3) is 4.33. The standard InChI is InChI=1S/C19H24N2O5/c22-16(12-21-9-4-2-1-3-5-17(21)23)20-18(19(24)25)14-6-7-15-13(11-14)8-10-26-15/h6-7,11,18H,1-5,8-10,12H2,(H,20,22)(H,24,25). The number of fused-ring (bicyclic) bond motifs is 1. The van der Waals surface area contributed by atoms with Crippen molar-refractivity contribution in [3.63, 3.8) is 0 Å². The van der Waals surface area contributed by atoms with Crippen LogP contribution in [0.15, 0.2) is 18.2 Å². The van der Waals surface area contributed by atoms with Gasteiger partial charge in [-0.25, -0.2) is 4.79 Å². The smallest absolute Gasteiger partial charge is 0.330 e. The summed E-state index contributed by atoms with van der Waals surface area (Å²) in [4.78, 5) is 37.7. The van der Waals surface area contributed by atoms with Crippen LogP contribution in [0.4, 0.5) is 0 Å².